The lowest BCUT2D eigenvalue weighted by Crippen LogP contribution is -2.41. The zero-order chi connectivity index (χ0) is 22.1. The lowest BCUT2D eigenvalue weighted by Gasteiger charge is -2.25. The van der Waals surface area contributed by atoms with E-state index in [0.29, 0.717) is 59.2 Å². The van der Waals surface area contributed by atoms with Crippen LogP contribution in [-0.4, -0.2) is 43.7 Å². The number of ether oxygens (including phenoxy) is 1. The Balaban J connectivity index is 1.42. The van der Waals surface area contributed by atoms with Crippen molar-refractivity contribution < 1.29 is 13.9 Å². The van der Waals surface area contributed by atoms with Gasteiger partial charge in [-0.2, -0.15) is 0 Å². The fourth-order valence-corrected chi connectivity index (χ4v) is 4.36. The van der Waals surface area contributed by atoms with Crippen molar-refractivity contribution in [1.29, 1.82) is 0 Å². The molecule has 32 heavy (non-hydrogen) atoms. The third-order valence-corrected chi connectivity index (χ3v) is 6.14. The molecule has 2 aromatic carbocycles. The van der Waals surface area contributed by atoms with Crippen molar-refractivity contribution in [2.75, 3.05) is 38.2 Å². The van der Waals surface area contributed by atoms with Crippen molar-refractivity contribution in [3.63, 3.8) is 0 Å². The average molecular weight is 451 g/mol. The molecule has 164 valence electrons. The van der Waals surface area contributed by atoms with Crippen molar-refractivity contribution in [1.82, 2.24) is 4.90 Å². The molecular weight excluding hydrogens is 428 g/mol. The van der Waals surface area contributed by atoms with Gasteiger partial charge >= 0.3 is 0 Å². The molecule has 0 atom stereocenters. The number of carbonyl (C=O) groups is 1. The number of nitrogens with zero attached hydrogens (tertiary/aromatic N) is 1. The highest BCUT2D eigenvalue weighted by Gasteiger charge is 2.24. The molecule has 2 aliphatic rings. The first kappa shape index (κ1) is 20.9. The van der Waals surface area contributed by atoms with E-state index in [4.69, 9.17) is 20.8 Å². The SMILES string of the molecule is O=C(CN1CCOCC1)Nc1ccc2c(=O)c3c(oc2c1)C(=Cc1ccc(Cl)cc1)CC3. The normalized spacial score (nSPS) is 17.6. The number of halogens is 1. The molecule has 2 heterocycles. The fourth-order valence-electron chi connectivity index (χ4n) is 4.23. The van der Waals surface area contributed by atoms with Crippen molar-refractivity contribution in [2.45, 2.75) is 12.8 Å². The van der Waals surface area contributed by atoms with Gasteiger partial charge in [0.1, 0.15) is 11.3 Å². The van der Waals surface area contributed by atoms with Gasteiger partial charge < -0.3 is 14.5 Å². The number of hydrogen-bond acceptors (Lipinski definition) is 5. The van der Waals surface area contributed by atoms with Crippen LogP contribution < -0.4 is 10.7 Å². The number of nitrogens with one attached hydrogen (secondary N) is 1. The molecule has 1 N–H and O–H groups in total. The van der Waals surface area contributed by atoms with E-state index in [1.165, 1.54) is 0 Å². The fraction of sp³-hybridized carbons (Fsp3) is 0.280. The first-order valence-corrected chi connectivity index (χ1v) is 11.1. The van der Waals surface area contributed by atoms with Crippen LogP contribution in [-0.2, 0) is 16.0 Å². The number of fused-ring (bicyclic) bond motifs is 2. The smallest absolute Gasteiger partial charge is 0.238 e. The summed E-state index contributed by atoms with van der Waals surface area (Å²) >= 11 is 5.98. The van der Waals surface area contributed by atoms with Crippen molar-refractivity contribution >= 4 is 45.8 Å². The number of morpholine rings is 1. The maximum Gasteiger partial charge on any atom is 0.238 e. The Hall–Kier alpha value is -2.93. The summed E-state index contributed by atoms with van der Waals surface area (Å²) in [6.45, 7) is 3.09. The molecule has 0 bridgehead atoms. The zero-order valence-electron chi connectivity index (χ0n) is 17.5. The van der Waals surface area contributed by atoms with Crippen molar-refractivity contribution in [3.05, 3.63) is 74.6 Å². The second-order valence-corrected chi connectivity index (χ2v) is 8.54. The Bertz CT molecular complexity index is 1260. The van der Waals surface area contributed by atoms with Gasteiger partial charge in [-0.1, -0.05) is 23.7 Å². The standard InChI is InChI=1S/C25H23ClN2O4/c26-18-4-1-16(2-5-18)13-17-3-7-21-24(30)20-8-6-19(14-22(20)32-25(17)21)27-23(29)15-28-9-11-31-12-10-28/h1-2,4-6,8,13-14H,3,7,9-12,15H2,(H,27,29). The second kappa shape index (κ2) is 8.90. The average Bonchev–Trinajstić information content (AvgIpc) is 3.18. The van der Waals surface area contributed by atoms with E-state index in [1.807, 2.05) is 30.3 Å². The molecule has 7 heteroatoms. The molecule has 1 aliphatic carbocycles. The van der Waals surface area contributed by atoms with E-state index >= 15 is 0 Å². The molecule has 3 aromatic rings. The summed E-state index contributed by atoms with van der Waals surface area (Å²) in [5, 5.41) is 4.12. The first-order chi connectivity index (χ1) is 15.6. The van der Waals surface area contributed by atoms with Crippen LogP contribution in [0.1, 0.15) is 23.3 Å². The van der Waals surface area contributed by atoms with Crippen LogP contribution in [0.15, 0.2) is 51.7 Å². The molecule has 1 amide bonds. The maximum absolute atomic E-state index is 13.0. The predicted molar refractivity (Wildman–Crippen MR) is 126 cm³/mol. The minimum atomic E-state index is -0.0990. The van der Waals surface area contributed by atoms with Crippen LogP contribution in [0.5, 0.6) is 0 Å². The number of allylic oxidation sites excluding steroid dienone is 1. The van der Waals surface area contributed by atoms with Gasteiger partial charge in [-0.15, -0.1) is 0 Å². The van der Waals surface area contributed by atoms with E-state index in [9.17, 15) is 9.59 Å². The third-order valence-electron chi connectivity index (χ3n) is 5.89. The maximum atomic E-state index is 13.0. The first-order valence-electron chi connectivity index (χ1n) is 10.7. The number of benzene rings is 2. The number of anilines is 1. The molecule has 5 rings (SSSR count). The molecule has 1 aliphatic heterocycles. The van der Waals surface area contributed by atoms with Gasteiger partial charge in [0.15, 0.2) is 5.43 Å². The highest BCUT2D eigenvalue weighted by Crippen LogP contribution is 2.34. The van der Waals surface area contributed by atoms with E-state index < -0.39 is 0 Å². The summed E-state index contributed by atoms with van der Waals surface area (Å²) in [6, 6.07) is 12.8. The second-order valence-electron chi connectivity index (χ2n) is 8.11. The van der Waals surface area contributed by atoms with Crippen molar-refractivity contribution in [3.8, 4) is 0 Å². The van der Waals surface area contributed by atoms with Gasteiger partial charge in [0.05, 0.1) is 25.1 Å². The van der Waals surface area contributed by atoms with Gasteiger partial charge in [-0.05, 0) is 54.3 Å². The van der Waals surface area contributed by atoms with Gasteiger partial charge in [0.25, 0.3) is 0 Å². The molecule has 0 saturated carbocycles. The Kier molecular flexibility index (Phi) is 5.83. The Morgan fingerprint density at radius 1 is 1.09 bits per heavy atom. The zero-order valence-corrected chi connectivity index (χ0v) is 18.3. The summed E-state index contributed by atoms with van der Waals surface area (Å²) in [4.78, 5) is 27.6. The van der Waals surface area contributed by atoms with Crippen LogP contribution in [0, 0.1) is 0 Å². The highest BCUT2D eigenvalue weighted by molar-refractivity contribution is 6.30. The monoisotopic (exact) mass is 450 g/mol. The van der Waals surface area contributed by atoms with Crippen molar-refractivity contribution in [2.24, 2.45) is 0 Å². The van der Waals surface area contributed by atoms with Gasteiger partial charge in [0, 0.05) is 35.4 Å². The minimum Gasteiger partial charge on any atom is -0.456 e. The highest BCUT2D eigenvalue weighted by atomic mass is 35.5. The number of rotatable bonds is 4. The summed E-state index contributed by atoms with van der Waals surface area (Å²) in [7, 11) is 0. The molecule has 1 saturated heterocycles. The molecular formula is C25H23ClN2O4. The van der Waals surface area contributed by atoms with Crippen LogP contribution in [0.4, 0.5) is 5.69 Å². The summed E-state index contributed by atoms with van der Waals surface area (Å²) in [5.74, 6) is 0.535. The predicted octanol–water partition coefficient (Wildman–Crippen LogP) is 4.20. The van der Waals surface area contributed by atoms with E-state index in [1.54, 1.807) is 18.2 Å². The number of carbonyl (C=O) groups excluding carboxylic acids is 1. The van der Waals surface area contributed by atoms with Crippen LogP contribution in [0.3, 0.4) is 0 Å². The summed E-state index contributed by atoms with van der Waals surface area (Å²) in [6.07, 6.45) is 3.44. The largest absolute Gasteiger partial charge is 0.456 e. The Labute approximate surface area is 190 Å². The van der Waals surface area contributed by atoms with Gasteiger partial charge in [0.2, 0.25) is 5.91 Å². The molecule has 0 unspecified atom stereocenters. The topological polar surface area (TPSA) is 71.8 Å². The lowest BCUT2D eigenvalue weighted by molar-refractivity contribution is -0.118. The van der Waals surface area contributed by atoms with E-state index in [-0.39, 0.29) is 11.3 Å². The number of amides is 1. The van der Waals surface area contributed by atoms with Gasteiger partial charge in [-0.3, -0.25) is 14.5 Å². The quantitative estimate of drug-likeness (QED) is 0.644. The van der Waals surface area contributed by atoms with E-state index in [2.05, 4.69) is 10.2 Å². The van der Waals surface area contributed by atoms with Crippen LogP contribution in [0.25, 0.3) is 22.6 Å². The number of hydrogen-bond donors (Lipinski definition) is 1. The Morgan fingerprint density at radius 2 is 1.88 bits per heavy atom. The molecule has 6 nitrogen and oxygen atoms in total. The lowest BCUT2D eigenvalue weighted by atomic mass is 10.1. The third kappa shape index (κ3) is 4.35. The van der Waals surface area contributed by atoms with Gasteiger partial charge in [-0.25, -0.2) is 0 Å². The molecule has 1 aromatic heterocycles. The molecule has 0 radical (unpaired) electrons. The van der Waals surface area contributed by atoms with Crippen LogP contribution in [0.2, 0.25) is 5.02 Å². The van der Waals surface area contributed by atoms with Crippen LogP contribution >= 0.6 is 11.6 Å². The molecule has 1 fully saturated rings. The summed E-state index contributed by atoms with van der Waals surface area (Å²) < 4.78 is 11.5. The summed E-state index contributed by atoms with van der Waals surface area (Å²) in [5.41, 5.74) is 3.78. The minimum absolute atomic E-state index is 0.00745. The molecule has 0 spiro atoms. The Morgan fingerprint density at radius 3 is 2.66 bits per heavy atom. The van der Waals surface area contributed by atoms with E-state index in [0.717, 1.165) is 30.6 Å².